The van der Waals surface area contributed by atoms with Gasteiger partial charge in [-0.1, -0.05) is 11.6 Å². The molecule has 0 radical (unpaired) electrons. The monoisotopic (exact) mass is 452 g/mol. The van der Waals surface area contributed by atoms with E-state index in [2.05, 4.69) is 25.1 Å². The highest BCUT2D eigenvalue weighted by Gasteiger charge is 2.27. The number of piperazine rings is 1. The number of sulfonamides is 1. The fourth-order valence-corrected chi connectivity index (χ4v) is 4.55. The van der Waals surface area contributed by atoms with Crippen LogP contribution in [0.15, 0.2) is 41.6 Å². The lowest BCUT2D eigenvalue weighted by Crippen LogP contribution is -2.53. The number of benzene rings is 1. The molecule has 0 bridgehead atoms. The van der Waals surface area contributed by atoms with Crippen molar-refractivity contribution in [2.24, 2.45) is 0 Å². The summed E-state index contributed by atoms with van der Waals surface area (Å²) in [6.45, 7) is 4.64. The predicted molar refractivity (Wildman–Crippen MR) is 116 cm³/mol. The highest BCUT2D eigenvalue weighted by molar-refractivity contribution is 7.89. The molecule has 1 aromatic carbocycles. The lowest BCUT2D eigenvalue weighted by Gasteiger charge is -2.37. The fourth-order valence-electron chi connectivity index (χ4n) is 3.15. The number of anilines is 2. The quantitative estimate of drug-likeness (QED) is 0.709. The van der Waals surface area contributed by atoms with Gasteiger partial charge in [0.05, 0.1) is 11.1 Å². The van der Waals surface area contributed by atoms with Crippen molar-refractivity contribution in [3.05, 3.63) is 41.7 Å². The molecule has 1 aromatic heterocycles. The molecular formula is C19H25ClN6O3S. The highest BCUT2D eigenvalue weighted by Crippen LogP contribution is 2.27. The maximum Gasteiger partial charge on any atom is 0.244 e. The molecule has 9 nitrogen and oxygen atoms in total. The fraction of sp³-hybridized carbons (Fsp3) is 0.421. The van der Waals surface area contributed by atoms with Gasteiger partial charge in [-0.05, 0) is 31.2 Å². The van der Waals surface area contributed by atoms with Gasteiger partial charge in [0.15, 0.2) is 0 Å². The van der Waals surface area contributed by atoms with Crippen LogP contribution in [0.5, 0.6) is 0 Å². The minimum absolute atomic E-state index is 0.0453. The van der Waals surface area contributed by atoms with Gasteiger partial charge in [0.25, 0.3) is 0 Å². The van der Waals surface area contributed by atoms with Crippen LogP contribution in [0.3, 0.4) is 0 Å². The van der Waals surface area contributed by atoms with Crippen LogP contribution in [0, 0.1) is 0 Å². The number of carbonyl (C=O) groups is 1. The lowest BCUT2D eigenvalue weighted by atomic mass is 10.2. The summed E-state index contributed by atoms with van der Waals surface area (Å²) in [5, 5.41) is 2.91. The highest BCUT2D eigenvalue weighted by atomic mass is 35.5. The maximum absolute atomic E-state index is 12.8. The third kappa shape index (κ3) is 4.89. The van der Waals surface area contributed by atoms with Crippen molar-refractivity contribution >= 4 is 39.2 Å². The Bertz CT molecular complexity index is 995. The van der Waals surface area contributed by atoms with E-state index in [1.807, 2.05) is 6.92 Å². The second kappa shape index (κ2) is 9.25. The Morgan fingerprint density at radius 2 is 1.80 bits per heavy atom. The molecular weight excluding hydrogens is 428 g/mol. The second-order valence-electron chi connectivity index (χ2n) is 7.17. The standard InChI is InChI=1S/C19H25ClN6O3S/c1-14(25-9-11-26(12-10-25)19-21-7-4-8-22-19)18(27)23-15-5-6-16(20)17(13-15)30(28,29)24(2)3/h4-8,13-14H,9-12H2,1-3H3,(H,23,27)/t14-/m0/s1. The summed E-state index contributed by atoms with van der Waals surface area (Å²) in [6, 6.07) is 5.84. The number of halogens is 1. The van der Waals surface area contributed by atoms with Crippen molar-refractivity contribution in [3.8, 4) is 0 Å². The molecule has 2 heterocycles. The molecule has 30 heavy (non-hydrogen) atoms. The lowest BCUT2D eigenvalue weighted by molar-refractivity contribution is -0.120. The predicted octanol–water partition coefficient (Wildman–Crippen LogP) is 1.53. The van der Waals surface area contributed by atoms with E-state index in [-0.39, 0.29) is 21.9 Å². The zero-order valence-corrected chi connectivity index (χ0v) is 18.7. The van der Waals surface area contributed by atoms with E-state index < -0.39 is 10.0 Å². The number of amides is 1. The molecule has 3 rings (SSSR count). The number of rotatable bonds is 6. The first-order valence-electron chi connectivity index (χ1n) is 9.49. The van der Waals surface area contributed by atoms with Crippen LogP contribution in [-0.4, -0.2) is 79.8 Å². The van der Waals surface area contributed by atoms with E-state index in [9.17, 15) is 13.2 Å². The molecule has 1 saturated heterocycles. The Labute approximate surface area is 181 Å². The van der Waals surface area contributed by atoms with Crippen molar-refractivity contribution in [2.45, 2.75) is 17.9 Å². The molecule has 2 aromatic rings. The average molecular weight is 453 g/mol. The van der Waals surface area contributed by atoms with Crippen molar-refractivity contribution < 1.29 is 13.2 Å². The molecule has 0 aliphatic carbocycles. The van der Waals surface area contributed by atoms with Crippen LogP contribution in [0.4, 0.5) is 11.6 Å². The summed E-state index contributed by atoms with van der Waals surface area (Å²) >= 11 is 6.07. The molecule has 1 aliphatic rings. The van der Waals surface area contributed by atoms with E-state index in [1.54, 1.807) is 24.5 Å². The molecule has 1 amide bonds. The van der Waals surface area contributed by atoms with Crippen molar-refractivity contribution in [2.75, 3.05) is 50.5 Å². The zero-order chi connectivity index (χ0) is 21.9. The molecule has 0 unspecified atom stereocenters. The Balaban J connectivity index is 1.64. The van der Waals surface area contributed by atoms with Gasteiger partial charge in [-0.25, -0.2) is 22.7 Å². The molecule has 1 aliphatic heterocycles. The van der Waals surface area contributed by atoms with Crippen LogP contribution >= 0.6 is 11.6 Å². The SMILES string of the molecule is C[C@@H](C(=O)Nc1ccc(Cl)c(S(=O)(=O)N(C)C)c1)N1CCN(c2ncccn2)CC1. The van der Waals surface area contributed by atoms with Gasteiger partial charge in [-0.15, -0.1) is 0 Å². The number of nitrogens with zero attached hydrogens (tertiary/aromatic N) is 5. The van der Waals surface area contributed by atoms with E-state index in [0.717, 1.165) is 4.31 Å². The Morgan fingerprint density at radius 3 is 2.40 bits per heavy atom. The average Bonchev–Trinajstić information content (AvgIpc) is 2.75. The van der Waals surface area contributed by atoms with Gasteiger partial charge in [0.1, 0.15) is 4.90 Å². The van der Waals surface area contributed by atoms with Gasteiger partial charge in [0, 0.05) is 58.4 Å². The summed E-state index contributed by atoms with van der Waals surface area (Å²) in [7, 11) is -0.857. The molecule has 1 N–H and O–H groups in total. The number of hydrogen-bond acceptors (Lipinski definition) is 7. The van der Waals surface area contributed by atoms with Gasteiger partial charge < -0.3 is 10.2 Å². The number of carbonyl (C=O) groups excluding carboxylic acids is 1. The van der Waals surface area contributed by atoms with Crippen LogP contribution in [0.25, 0.3) is 0 Å². The minimum atomic E-state index is -3.72. The molecule has 162 valence electrons. The first-order chi connectivity index (χ1) is 14.2. The van der Waals surface area contributed by atoms with Crippen molar-refractivity contribution in [1.29, 1.82) is 0 Å². The Kier molecular flexibility index (Phi) is 6.91. The smallest absolute Gasteiger partial charge is 0.244 e. The first kappa shape index (κ1) is 22.4. The molecule has 0 saturated carbocycles. The van der Waals surface area contributed by atoms with E-state index in [1.165, 1.54) is 26.2 Å². The normalized spacial score (nSPS) is 16.5. The molecule has 11 heteroatoms. The summed E-state index contributed by atoms with van der Waals surface area (Å²) in [6.07, 6.45) is 3.42. The summed E-state index contributed by atoms with van der Waals surface area (Å²) in [5.74, 6) is 0.472. The third-order valence-electron chi connectivity index (χ3n) is 5.03. The maximum atomic E-state index is 12.8. The number of aromatic nitrogens is 2. The molecule has 0 spiro atoms. The number of nitrogens with one attached hydrogen (secondary N) is 1. The minimum Gasteiger partial charge on any atom is -0.338 e. The third-order valence-corrected chi connectivity index (χ3v) is 7.33. The first-order valence-corrected chi connectivity index (χ1v) is 11.3. The van der Waals surface area contributed by atoms with Gasteiger partial charge in [-0.2, -0.15) is 0 Å². The van der Waals surface area contributed by atoms with Gasteiger partial charge in [-0.3, -0.25) is 9.69 Å². The van der Waals surface area contributed by atoms with Crippen LogP contribution in [0.1, 0.15) is 6.92 Å². The zero-order valence-electron chi connectivity index (χ0n) is 17.1. The Morgan fingerprint density at radius 1 is 1.17 bits per heavy atom. The summed E-state index contributed by atoms with van der Waals surface area (Å²) in [5.41, 5.74) is 0.382. The van der Waals surface area contributed by atoms with Crippen molar-refractivity contribution in [3.63, 3.8) is 0 Å². The molecule has 1 fully saturated rings. The topological polar surface area (TPSA) is 98.7 Å². The second-order valence-corrected chi connectivity index (χ2v) is 9.70. The summed E-state index contributed by atoms with van der Waals surface area (Å²) < 4.78 is 25.9. The van der Waals surface area contributed by atoms with Crippen molar-refractivity contribution in [1.82, 2.24) is 19.2 Å². The Hall–Kier alpha value is -2.27. The number of hydrogen-bond donors (Lipinski definition) is 1. The van der Waals surface area contributed by atoms with E-state index >= 15 is 0 Å². The van der Waals surface area contributed by atoms with Gasteiger partial charge >= 0.3 is 0 Å². The van der Waals surface area contributed by atoms with E-state index in [4.69, 9.17) is 11.6 Å². The van der Waals surface area contributed by atoms with Gasteiger partial charge in [0.2, 0.25) is 21.9 Å². The van der Waals surface area contributed by atoms with Crippen LogP contribution < -0.4 is 10.2 Å². The van der Waals surface area contributed by atoms with E-state index in [0.29, 0.717) is 37.8 Å². The van der Waals surface area contributed by atoms with Crippen LogP contribution in [0.2, 0.25) is 5.02 Å². The molecule has 1 atom stereocenters. The van der Waals surface area contributed by atoms with Crippen LogP contribution in [-0.2, 0) is 14.8 Å². The largest absolute Gasteiger partial charge is 0.338 e. The summed E-state index contributed by atoms with van der Waals surface area (Å²) in [4.78, 5) is 25.4.